The van der Waals surface area contributed by atoms with E-state index in [1.807, 2.05) is 42.5 Å². The van der Waals surface area contributed by atoms with Crippen LogP contribution in [0.5, 0.6) is 0 Å². The fraction of sp³-hybridized carbons (Fsp3) is 0.263. The topological polar surface area (TPSA) is 46.2 Å². The molecule has 0 spiro atoms. The molecule has 1 N–H and O–H groups in total. The highest BCUT2D eigenvalue weighted by molar-refractivity contribution is 6.06. The predicted octanol–water partition coefficient (Wildman–Crippen LogP) is 3.95. The Labute approximate surface area is 130 Å². The molecule has 2 aromatic carbocycles. The lowest BCUT2D eigenvalue weighted by molar-refractivity contribution is -0.124. The molecule has 1 saturated carbocycles. The van der Waals surface area contributed by atoms with Crippen molar-refractivity contribution in [1.29, 1.82) is 0 Å². The number of nitrogens with one attached hydrogen (secondary N) is 1. The number of hydrogen-bond donors (Lipinski definition) is 1. The standard InChI is InChI=1S/C19H19NO2/c1-14(21)16-10-5-6-11-17(16)20-18(22)19(12-7-13-19)15-8-3-2-4-9-15/h2-6,8-11H,7,12-13H2,1H3,(H,20,22). The Morgan fingerprint density at radius 3 is 2.18 bits per heavy atom. The summed E-state index contributed by atoms with van der Waals surface area (Å²) >= 11 is 0. The SMILES string of the molecule is CC(=O)c1ccccc1NC(=O)C1(c2ccccc2)CCC1. The molecule has 0 aromatic heterocycles. The Hall–Kier alpha value is -2.42. The van der Waals surface area contributed by atoms with Crippen molar-refractivity contribution in [3.63, 3.8) is 0 Å². The Morgan fingerprint density at radius 1 is 0.955 bits per heavy atom. The third-order valence-corrected chi connectivity index (χ3v) is 4.52. The maximum atomic E-state index is 12.9. The first-order valence-corrected chi connectivity index (χ1v) is 7.60. The van der Waals surface area contributed by atoms with E-state index >= 15 is 0 Å². The lowest BCUT2D eigenvalue weighted by Gasteiger charge is -2.40. The molecule has 1 amide bonds. The molecule has 0 bridgehead atoms. The van der Waals surface area contributed by atoms with Crippen molar-refractivity contribution in [3.8, 4) is 0 Å². The van der Waals surface area contributed by atoms with Crippen LogP contribution in [-0.2, 0) is 10.2 Å². The Balaban J connectivity index is 1.90. The second-order valence-corrected chi connectivity index (χ2v) is 5.86. The van der Waals surface area contributed by atoms with Gasteiger partial charge in [-0.05, 0) is 37.5 Å². The highest BCUT2D eigenvalue weighted by atomic mass is 16.2. The van der Waals surface area contributed by atoms with Crippen LogP contribution < -0.4 is 5.32 Å². The number of ketones is 1. The normalized spacial score (nSPS) is 15.7. The van der Waals surface area contributed by atoms with Gasteiger partial charge in [0, 0.05) is 5.56 Å². The van der Waals surface area contributed by atoms with Crippen LogP contribution in [0.15, 0.2) is 54.6 Å². The van der Waals surface area contributed by atoms with E-state index in [2.05, 4.69) is 5.32 Å². The summed E-state index contributed by atoms with van der Waals surface area (Å²) < 4.78 is 0. The van der Waals surface area contributed by atoms with E-state index in [0.29, 0.717) is 11.3 Å². The van der Waals surface area contributed by atoms with Gasteiger partial charge in [0.1, 0.15) is 0 Å². The fourth-order valence-corrected chi connectivity index (χ4v) is 3.08. The minimum Gasteiger partial charge on any atom is -0.325 e. The van der Waals surface area contributed by atoms with Gasteiger partial charge in [0.2, 0.25) is 5.91 Å². The molecule has 0 unspecified atom stereocenters. The number of Topliss-reactive ketones (excluding diaryl/α,β-unsaturated/α-hetero) is 1. The average molecular weight is 293 g/mol. The van der Waals surface area contributed by atoms with Crippen molar-refractivity contribution in [3.05, 3.63) is 65.7 Å². The Bertz CT molecular complexity index is 702. The van der Waals surface area contributed by atoms with Crippen molar-refractivity contribution in [2.75, 3.05) is 5.32 Å². The first kappa shape index (κ1) is 14.5. The minimum atomic E-state index is -0.453. The molecule has 0 radical (unpaired) electrons. The molecule has 0 saturated heterocycles. The van der Waals surface area contributed by atoms with Gasteiger partial charge in [-0.3, -0.25) is 9.59 Å². The minimum absolute atomic E-state index is 0.0151. The van der Waals surface area contributed by atoms with Crippen molar-refractivity contribution in [2.24, 2.45) is 0 Å². The quantitative estimate of drug-likeness (QED) is 0.868. The van der Waals surface area contributed by atoms with Gasteiger partial charge in [-0.15, -0.1) is 0 Å². The molecule has 112 valence electrons. The van der Waals surface area contributed by atoms with Crippen LogP contribution >= 0.6 is 0 Å². The van der Waals surface area contributed by atoms with Crippen molar-refractivity contribution >= 4 is 17.4 Å². The molecule has 22 heavy (non-hydrogen) atoms. The van der Waals surface area contributed by atoms with Gasteiger partial charge in [0.15, 0.2) is 5.78 Å². The van der Waals surface area contributed by atoms with Gasteiger partial charge in [-0.2, -0.15) is 0 Å². The number of carbonyl (C=O) groups excluding carboxylic acids is 2. The summed E-state index contributed by atoms with van der Waals surface area (Å²) in [6.07, 6.45) is 2.76. The van der Waals surface area contributed by atoms with E-state index in [4.69, 9.17) is 0 Å². The number of rotatable bonds is 4. The van der Waals surface area contributed by atoms with Crippen molar-refractivity contribution in [1.82, 2.24) is 0 Å². The Morgan fingerprint density at radius 2 is 1.59 bits per heavy atom. The smallest absolute Gasteiger partial charge is 0.235 e. The second kappa shape index (κ2) is 5.76. The summed E-state index contributed by atoms with van der Waals surface area (Å²) in [5, 5.41) is 2.97. The van der Waals surface area contributed by atoms with Crippen LogP contribution in [0.4, 0.5) is 5.69 Å². The zero-order chi connectivity index (χ0) is 15.6. The molecular formula is C19H19NO2. The van der Waals surface area contributed by atoms with Gasteiger partial charge in [-0.25, -0.2) is 0 Å². The molecule has 1 aliphatic rings. The van der Waals surface area contributed by atoms with E-state index in [-0.39, 0.29) is 11.7 Å². The number of para-hydroxylation sites is 1. The third-order valence-electron chi connectivity index (χ3n) is 4.52. The van der Waals surface area contributed by atoms with Crippen LogP contribution in [0.25, 0.3) is 0 Å². The summed E-state index contributed by atoms with van der Waals surface area (Å²) in [5.74, 6) is -0.0584. The molecule has 3 nitrogen and oxygen atoms in total. The monoisotopic (exact) mass is 293 g/mol. The second-order valence-electron chi connectivity index (χ2n) is 5.86. The van der Waals surface area contributed by atoms with Gasteiger partial charge in [0.05, 0.1) is 11.1 Å². The lowest BCUT2D eigenvalue weighted by atomic mass is 9.64. The van der Waals surface area contributed by atoms with Crippen molar-refractivity contribution in [2.45, 2.75) is 31.6 Å². The fourth-order valence-electron chi connectivity index (χ4n) is 3.08. The first-order valence-electron chi connectivity index (χ1n) is 7.60. The lowest BCUT2D eigenvalue weighted by Crippen LogP contribution is -2.46. The van der Waals surface area contributed by atoms with Crippen LogP contribution in [0.2, 0.25) is 0 Å². The summed E-state index contributed by atoms with van der Waals surface area (Å²) in [4.78, 5) is 24.6. The zero-order valence-electron chi connectivity index (χ0n) is 12.6. The maximum absolute atomic E-state index is 12.9. The number of benzene rings is 2. The number of carbonyl (C=O) groups is 2. The van der Waals surface area contributed by atoms with E-state index in [0.717, 1.165) is 24.8 Å². The molecule has 3 rings (SSSR count). The van der Waals surface area contributed by atoms with Crippen LogP contribution in [0.1, 0.15) is 42.1 Å². The summed E-state index contributed by atoms with van der Waals surface area (Å²) in [6.45, 7) is 1.52. The summed E-state index contributed by atoms with van der Waals surface area (Å²) in [7, 11) is 0. The number of anilines is 1. The molecule has 2 aromatic rings. The number of hydrogen-bond acceptors (Lipinski definition) is 2. The van der Waals surface area contributed by atoms with E-state index in [1.54, 1.807) is 12.1 Å². The molecule has 0 atom stereocenters. The highest BCUT2D eigenvalue weighted by Crippen LogP contribution is 2.44. The van der Waals surface area contributed by atoms with E-state index in [1.165, 1.54) is 6.92 Å². The number of amides is 1. The molecule has 1 aliphatic carbocycles. The van der Waals surface area contributed by atoms with Gasteiger partial charge >= 0.3 is 0 Å². The Kier molecular flexibility index (Phi) is 3.80. The molecule has 0 heterocycles. The average Bonchev–Trinajstić information content (AvgIpc) is 2.47. The first-order chi connectivity index (χ1) is 10.6. The molecule has 0 aliphatic heterocycles. The van der Waals surface area contributed by atoms with Crippen LogP contribution in [0, 0.1) is 0 Å². The van der Waals surface area contributed by atoms with E-state index in [9.17, 15) is 9.59 Å². The zero-order valence-corrected chi connectivity index (χ0v) is 12.6. The van der Waals surface area contributed by atoms with Gasteiger partial charge < -0.3 is 5.32 Å². The molecular weight excluding hydrogens is 274 g/mol. The predicted molar refractivity (Wildman–Crippen MR) is 87.0 cm³/mol. The summed E-state index contributed by atoms with van der Waals surface area (Å²) in [5.41, 5.74) is 1.75. The van der Waals surface area contributed by atoms with Crippen molar-refractivity contribution < 1.29 is 9.59 Å². The summed E-state index contributed by atoms with van der Waals surface area (Å²) in [6, 6.07) is 17.1. The van der Waals surface area contributed by atoms with E-state index < -0.39 is 5.41 Å². The van der Waals surface area contributed by atoms with Gasteiger partial charge in [-0.1, -0.05) is 48.9 Å². The maximum Gasteiger partial charge on any atom is 0.235 e. The molecule has 1 fully saturated rings. The van der Waals surface area contributed by atoms with Crippen LogP contribution in [-0.4, -0.2) is 11.7 Å². The van der Waals surface area contributed by atoms with Gasteiger partial charge in [0.25, 0.3) is 0 Å². The highest BCUT2D eigenvalue weighted by Gasteiger charge is 2.45. The van der Waals surface area contributed by atoms with Crippen LogP contribution in [0.3, 0.4) is 0 Å². The third kappa shape index (κ3) is 2.43. The largest absolute Gasteiger partial charge is 0.325 e. The molecule has 3 heteroatoms.